The van der Waals surface area contributed by atoms with Crippen molar-refractivity contribution in [2.24, 2.45) is 7.05 Å². The summed E-state index contributed by atoms with van der Waals surface area (Å²) in [5.74, 6) is -1.87. The van der Waals surface area contributed by atoms with Gasteiger partial charge < -0.3 is 9.47 Å². The molecule has 0 saturated carbocycles. The lowest BCUT2D eigenvalue weighted by atomic mass is 10.1. The minimum atomic E-state index is -0.908. The van der Waals surface area contributed by atoms with E-state index in [1.165, 1.54) is 10.6 Å². The van der Waals surface area contributed by atoms with Gasteiger partial charge in [0.15, 0.2) is 11.6 Å². The van der Waals surface area contributed by atoms with Gasteiger partial charge in [-0.2, -0.15) is 0 Å². The number of rotatable bonds is 4. The first-order valence-corrected chi connectivity index (χ1v) is 8.02. The molecule has 25 heavy (non-hydrogen) atoms. The molecule has 5 nitrogen and oxygen atoms in total. The highest BCUT2D eigenvalue weighted by molar-refractivity contribution is 5.79. The van der Waals surface area contributed by atoms with Crippen LogP contribution in [-0.2, 0) is 24.9 Å². The molecule has 1 saturated heterocycles. The van der Waals surface area contributed by atoms with E-state index in [1.807, 2.05) is 11.0 Å². The first-order chi connectivity index (χ1) is 11.9. The summed E-state index contributed by atoms with van der Waals surface area (Å²) in [7, 11) is 1.69. The predicted molar refractivity (Wildman–Crippen MR) is 88.7 cm³/mol. The van der Waals surface area contributed by atoms with Gasteiger partial charge in [-0.1, -0.05) is 6.07 Å². The molecule has 1 amide bonds. The van der Waals surface area contributed by atoms with E-state index in [0.29, 0.717) is 25.2 Å². The third-order valence-corrected chi connectivity index (χ3v) is 4.33. The molecule has 1 aliphatic rings. The largest absolute Gasteiger partial charge is 0.336 e. The number of piperazine rings is 1. The Morgan fingerprint density at radius 1 is 0.960 bits per heavy atom. The molecule has 0 atom stereocenters. The molecular weight excluding hydrogens is 328 g/mol. The summed E-state index contributed by atoms with van der Waals surface area (Å²) in [6.07, 6.45) is 1.71. The van der Waals surface area contributed by atoms with Gasteiger partial charge in [0.05, 0.1) is 6.54 Å². The van der Waals surface area contributed by atoms with E-state index in [-0.39, 0.29) is 24.6 Å². The summed E-state index contributed by atoms with van der Waals surface area (Å²) in [6.45, 7) is 2.18. The molecule has 0 N–H and O–H groups in total. The van der Waals surface area contributed by atoms with Crippen LogP contribution < -0.4 is 5.56 Å². The van der Waals surface area contributed by atoms with Crippen LogP contribution in [0.15, 0.2) is 41.3 Å². The van der Waals surface area contributed by atoms with Crippen molar-refractivity contribution < 1.29 is 13.6 Å². The van der Waals surface area contributed by atoms with Crippen LogP contribution in [0.1, 0.15) is 11.1 Å². The Morgan fingerprint density at radius 3 is 2.40 bits per heavy atom. The number of hydrogen-bond acceptors (Lipinski definition) is 3. The maximum atomic E-state index is 13.3. The lowest BCUT2D eigenvalue weighted by Crippen LogP contribution is -2.49. The van der Waals surface area contributed by atoms with E-state index < -0.39 is 11.6 Å². The van der Waals surface area contributed by atoms with E-state index >= 15 is 0 Å². The van der Waals surface area contributed by atoms with Crippen LogP contribution in [0.4, 0.5) is 8.78 Å². The Morgan fingerprint density at radius 2 is 1.72 bits per heavy atom. The maximum Gasteiger partial charge on any atom is 0.250 e. The second-order valence-corrected chi connectivity index (χ2v) is 6.26. The molecule has 1 fully saturated rings. The maximum absolute atomic E-state index is 13.3. The number of amides is 1. The summed E-state index contributed by atoms with van der Waals surface area (Å²) >= 11 is 0. The number of aromatic nitrogens is 1. The zero-order valence-electron chi connectivity index (χ0n) is 13.9. The second-order valence-electron chi connectivity index (χ2n) is 6.26. The number of carbonyl (C=O) groups is 1. The van der Waals surface area contributed by atoms with Crippen molar-refractivity contribution in [2.75, 3.05) is 19.6 Å². The lowest BCUT2D eigenvalue weighted by Gasteiger charge is -2.34. The van der Waals surface area contributed by atoms with Gasteiger partial charge in [0.1, 0.15) is 0 Å². The standard InChI is InChI=1S/C18H19F2N3O2/c1-21-5-4-14(9-17(21)24)10-22-6-7-23(18(25)12-22)11-13-2-3-15(19)16(20)8-13/h2-5,8-9H,6-7,10-12H2,1H3. The van der Waals surface area contributed by atoms with Gasteiger partial charge in [-0.3, -0.25) is 14.5 Å². The Hall–Kier alpha value is -2.54. The number of carbonyl (C=O) groups excluding carboxylic acids is 1. The fraction of sp³-hybridized carbons (Fsp3) is 0.333. The van der Waals surface area contributed by atoms with Crippen LogP contribution in [0.2, 0.25) is 0 Å². The summed E-state index contributed by atoms with van der Waals surface area (Å²) in [5, 5.41) is 0. The van der Waals surface area contributed by atoms with Gasteiger partial charge in [-0.05, 0) is 29.3 Å². The van der Waals surface area contributed by atoms with E-state index in [2.05, 4.69) is 0 Å². The van der Waals surface area contributed by atoms with Crippen molar-refractivity contribution in [2.45, 2.75) is 13.1 Å². The van der Waals surface area contributed by atoms with E-state index in [1.54, 1.807) is 24.2 Å². The van der Waals surface area contributed by atoms with E-state index in [4.69, 9.17) is 0 Å². The van der Waals surface area contributed by atoms with Crippen molar-refractivity contribution in [1.82, 2.24) is 14.4 Å². The molecule has 1 aromatic heterocycles. The quantitative estimate of drug-likeness (QED) is 0.842. The van der Waals surface area contributed by atoms with Crippen molar-refractivity contribution in [3.8, 4) is 0 Å². The van der Waals surface area contributed by atoms with Crippen LogP contribution >= 0.6 is 0 Å². The first kappa shape index (κ1) is 17.3. The molecule has 0 radical (unpaired) electrons. The molecular formula is C18H19F2N3O2. The highest BCUT2D eigenvalue weighted by Gasteiger charge is 2.24. The highest BCUT2D eigenvalue weighted by Crippen LogP contribution is 2.14. The van der Waals surface area contributed by atoms with Gasteiger partial charge in [-0.15, -0.1) is 0 Å². The number of hydrogen-bond donors (Lipinski definition) is 0. The Kier molecular flexibility index (Phi) is 4.94. The molecule has 0 unspecified atom stereocenters. The fourth-order valence-electron chi connectivity index (χ4n) is 2.86. The zero-order chi connectivity index (χ0) is 18.0. The SMILES string of the molecule is Cn1ccc(CN2CCN(Cc3ccc(F)c(F)c3)C(=O)C2)cc1=O. The number of benzene rings is 1. The first-order valence-electron chi connectivity index (χ1n) is 8.02. The predicted octanol–water partition coefficient (Wildman–Crippen LogP) is 1.51. The average molecular weight is 347 g/mol. The smallest absolute Gasteiger partial charge is 0.250 e. The van der Waals surface area contributed by atoms with Crippen LogP contribution in [-0.4, -0.2) is 39.9 Å². The third kappa shape index (κ3) is 4.11. The minimum absolute atomic E-state index is 0.0696. The lowest BCUT2D eigenvalue weighted by molar-refractivity contribution is -0.136. The molecule has 3 rings (SSSR count). The number of nitrogens with zero attached hydrogens (tertiary/aromatic N) is 3. The molecule has 1 aromatic carbocycles. The molecule has 132 valence electrons. The minimum Gasteiger partial charge on any atom is -0.336 e. The van der Waals surface area contributed by atoms with Crippen molar-refractivity contribution in [3.05, 3.63) is 69.6 Å². The van der Waals surface area contributed by atoms with Crippen LogP contribution in [0, 0.1) is 11.6 Å². The van der Waals surface area contributed by atoms with E-state index in [0.717, 1.165) is 17.7 Å². The summed E-state index contributed by atoms with van der Waals surface area (Å²) in [6, 6.07) is 7.10. The fourth-order valence-corrected chi connectivity index (χ4v) is 2.86. The summed E-state index contributed by atoms with van der Waals surface area (Å²) < 4.78 is 27.8. The van der Waals surface area contributed by atoms with Gasteiger partial charge in [0.2, 0.25) is 5.91 Å². The van der Waals surface area contributed by atoms with Crippen molar-refractivity contribution in [3.63, 3.8) is 0 Å². The topological polar surface area (TPSA) is 45.5 Å². The van der Waals surface area contributed by atoms with Gasteiger partial charge >= 0.3 is 0 Å². The van der Waals surface area contributed by atoms with Gasteiger partial charge in [-0.25, -0.2) is 8.78 Å². The Labute approximate surface area is 144 Å². The molecule has 1 aliphatic heterocycles. The highest BCUT2D eigenvalue weighted by atomic mass is 19.2. The van der Waals surface area contributed by atoms with Crippen LogP contribution in [0.25, 0.3) is 0 Å². The van der Waals surface area contributed by atoms with Crippen LogP contribution in [0.3, 0.4) is 0 Å². The number of aryl methyl sites for hydroxylation is 1. The van der Waals surface area contributed by atoms with Gasteiger partial charge in [0.25, 0.3) is 5.56 Å². The Balaban J connectivity index is 1.60. The number of pyridine rings is 1. The monoisotopic (exact) mass is 347 g/mol. The number of halogens is 2. The summed E-state index contributed by atoms with van der Waals surface area (Å²) in [4.78, 5) is 27.6. The third-order valence-electron chi connectivity index (χ3n) is 4.33. The zero-order valence-corrected chi connectivity index (χ0v) is 13.9. The molecule has 2 aromatic rings. The molecule has 0 spiro atoms. The average Bonchev–Trinajstić information content (AvgIpc) is 2.57. The molecule has 2 heterocycles. The van der Waals surface area contributed by atoms with Crippen molar-refractivity contribution >= 4 is 5.91 Å². The summed E-state index contributed by atoms with van der Waals surface area (Å²) in [5.41, 5.74) is 1.35. The molecule has 0 aliphatic carbocycles. The normalized spacial score (nSPS) is 15.6. The van der Waals surface area contributed by atoms with Crippen LogP contribution in [0.5, 0.6) is 0 Å². The molecule has 7 heteroatoms. The van der Waals surface area contributed by atoms with Crippen molar-refractivity contribution in [1.29, 1.82) is 0 Å². The second kappa shape index (κ2) is 7.14. The van der Waals surface area contributed by atoms with E-state index in [9.17, 15) is 18.4 Å². The van der Waals surface area contributed by atoms with Gasteiger partial charge in [0, 0.05) is 45.5 Å². The Bertz CT molecular complexity index is 850. The molecule has 0 bridgehead atoms.